The first kappa shape index (κ1) is 14.5. The Morgan fingerprint density at radius 2 is 1.94 bits per heavy atom. The molecule has 0 saturated heterocycles. The van der Waals surface area contributed by atoms with Gasteiger partial charge in [0.25, 0.3) is 0 Å². The van der Waals surface area contributed by atoms with Gasteiger partial charge in [-0.25, -0.2) is 5.84 Å². The summed E-state index contributed by atoms with van der Waals surface area (Å²) in [6.07, 6.45) is 9.60. The first-order chi connectivity index (χ1) is 8.36. The maximum Gasteiger partial charge on any atom is 0.113 e. The Bertz CT molecular complexity index is 211. The molecule has 0 atom stereocenters. The van der Waals surface area contributed by atoms with Crippen LogP contribution in [0.5, 0.6) is 0 Å². The van der Waals surface area contributed by atoms with Crippen molar-refractivity contribution in [3.8, 4) is 0 Å². The SMILES string of the molecule is CCCOCCC(=NC1CCCCCC1)NN. The molecular weight excluding hydrogens is 214 g/mol. The fraction of sp³-hybridized carbons (Fsp3) is 0.923. The minimum absolute atomic E-state index is 0.467. The summed E-state index contributed by atoms with van der Waals surface area (Å²) in [5.74, 6) is 6.40. The van der Waals surface area contributed by atoms with Gasteiger partial charge in [0.05, 0.1) is 12.6 Å². The van der Waals surface area contributed by atoms with Gasteiger partial charge in [-0.15, -0.1) is 0 Å². The Morgan fingerprint density at radius 3 is 2.53 bits per heavy atom. The van der Waals surface area contributed by atoms with Crippen LogP contribution in [-0.4, -0.2) is 25.1 Å². The Morgan fingerprint density at radius 1 is 1.24 bits per heavy atom. The van der Waals surface area contributed by atoms with E-state index >= 15 is 0 Å². The zero-order valence-corrected chi connectivity index (χ0v) is 11.1. The van der Waals surface area contributed by atoms with E-state index in [-0.39, 0.29) is 0 Å². The second-order valence-electron chi connectivity index (χ2n) is 4.73. The molecule has 0 unspecified atom stereocenters. The summed E-state index contributed by atoms with van der Waals surface area (Å²) in [4.78, 5) is 4.71. The molecule has 1 aliphatic carbocycles. The van der Waals surface area contributed by atoms with Gasteiger partial charge in [0, 0.05) is 13.0 Å². The second-order valence-corrected chi connectivity index (χ2v) is 4.73. The molecular formula is C13H27N3O. The van der Waals surface area contributed by atoms with Gasteiger partial charge < -0.3 is 10.2 Å². The van der Waals surface area contributed by atoms with Crippen LogP contribution >= 0.6 is 0 Å². The topological polar surface area (TPSA) is 59.6 Å². The van der Waals surface area contributed by atoms with Crippen molar-refractivity contribution in [3.05, 3.63) is 0 Å². The highest BCUT2D eigenvalue weighted by Gasteiger charge is 2.11. The molecule has 1 rings (SSSR count). The number of hydrogen-bond donors (Lipinski definition) is 2. The van der Waals surface area contributed by atoms with Crippen molar-refractivity contribution < 1.29 is 4.74 Å². The summed E-state index contributed by atoms with van der Waals surface area (Å²) in [6, 6.07) is 0.467. The Balaban J connectivity index is 2.30. The maximum absolute atomic E-state index is 5.51. The number of hydrazine groups is 1. The van der Waals surface area contributed by atoms with E-state index in [2.05, 4.69) is 12.3 Å². The molecule has 4 nitrogen and oxygen atoms in total. The van der Waals surface area contributed by atoms with Crippen molar-refractivity contribution in [1.82, 2.24) is 5.43 Å². The molecule has 100 valence electrons. The van der Waals surface area contributed by atoms with Gasteiger partial charge in [-0.1, -0.05) is 32.6 Å². The van der Waals surface area contributed by atoms with E-state index in [9.17, 15) is 0 Å². The molecule has 1 fully saturated rings. The lowest BCUT2D eigenvalue weighted by atomic mass is 10.1. The van der Waals surface area contributed by atoms with Gasteiger partial charge in [-0.05, 0) is 19.3 Å². The second kappa shape index (κ2) is 9.42. The lowest BCUT2D eigenvalue weighted by molar-refractivity contribution is 0.141. The molecule has 1 saturated carbocycles. The molecule has 0 aliphatic heterocycles. The molecule has 1 aliphatic rings. The number of nitrogens with one attached hydrogen (secondary N) is 1. The van der Waals surface area contributed by atoms with Crippen molar-refractivity contribution >= 4 is 5.84 Å². The first-order valence-electron chi connectivity index (χ1n) is 6.97. The van der Waals surface area contributed by atoms with Crippen LogP contribution in [0, 0.1) is 0 Å². The predicted molar refractivity (Wildman–Crippen MR) is 72.0 cm³/mol. The van der Waals surface area contributed by atoms with E-state index in [4.69, 9.17) is 15.6 Å². The molecule has 17 heavy (non-hydrogen) atoms. The third-order valence-corrected chi connectivity index (χ3v) is 3.16. The first-order valence-corrected chi connectivity index (χ1v) is 6.97. The fourth-order valence-electron chi connectivity index (χ4n) is 2.20. The van der Waals surface area contributed by atoms with Crippen LogP contribution in [0.4, 0.5) is 0 Å². The van der Waals surface area contributed by atoms with Crippen molar-refractivity contribution in [3.63, 3.8) is 0 Å². The van der Waals surface area contributed by atoms with Crippen LogP contribution in [0.2, 0.25) is 0 Å². The molecule has 0 radical (unpaired) electrons. The van der Waals surface area contributed by atoms with Crippen molar-refractivity contribution in [2.75, 3.05) is 13.2 Å². The van der Waals surface area contributed by atoms with E-state index in [0.29, 0.717) is 12.6 Å². The van der Waals surface area contributed by atoms with Crippen LogP contribution in [0.15, 0.2) is 4.99 Å². The molecule has 0 aromatic rings. The van der Waals surface area contributed by atoms with E-state index < -0.39 is 0 Å². The molecule has 0 spiro atoms. The van der Waals surface area contributed by atoms with Gasteiger partial charge in [0.1, 0.15) is 5.84 Å². The fourth-order valence-corrected chi connectivity index (χ4v) is 2.20. The van der Waals surface area contributed by atoms with Crippen molar-refractivity contribution in [2.45, 2.75) is 64.3 Å². The highest BCUT2D eigenvalue weighted by molar-refractivity contribution is 5.81. The van der Waals surface area contributed by atoms with E-state index in [1.165, 1.54) is 38.5 Å². The quantitative estimate of drug-likeness (QED) is 0.187. The summed E-state index contributed by atoms with van der Waals surface area (Å²) < 4.78 is 5.45. The number of amidine groups is 1. The minimum Gasteiger partial charge on any atom is -0.381 e. The normalized spacial score (nSPS) is 19.1. The summed E-state index contributed by atoms with van der Waals surface area (Å²) >= 11 is 0. The van der Waals surface area contributed by atoms with E-state index in [0.717, 1.165) is 25.3 Å². The van der Waals surface area contributed by atoms with Gasteiger partial charge in [0.15, 0.2) is 0 Å². The Kier molecular flexibility index (Phi) is 8.01. The molecule has 0 bridgehead atoms. The van der Waals surface area contributed by atoms with Crippen LogP contribution < -0.4 is 11.3 Å². The number of nitrogens with two attached hydrogens (primary N) is 1. The Labute approximate surface area is 105 Å². The van der Waals surface area contributed by atoms with Crippen molar-refractivity contribution in [1.29, 1.82) is 0 Å². The molecule has 3 N–H and O–H groups in total. The number of rotatable bonds is 6. The number of aliphatic imine (C=N–C) groups is 1. The molecule has 0 aromatic heterocycles. The average molecular weight is 241 g/mol. The Hall–Kier alpha value is -0.610. The minimum atomic E-state index is 0.467. The van der Waals surface area contributed by atoms with Crippen molar-refractivity contribution in [2.24, 2.45) is 10.8 Å². The average Bonchev–Trinajstić information content (AvgIpc) is 2.61. The largest absolute Gasteiger partial charge is 0.381 e. The number of ether oxygens (including phenoxy) is 1. The molecule has 0 amide bonds. The highest BCUT2D eigenvalue weighted by atomic mass is 16.5. The highest BCUT2D eigenvalue weighted by Crippen LogP contribution is 2.19. The van der Waals surface area contributed by atoms with E-state index in [1.807, 2.05) is 0 Å². The lowest BCUT2D eigenvalue weighted by Gasteiger charge is -2.12. The summed E-state index contributed by atoms with van der Waals surface area (Å²) in [7, 11) is 0. The number of hydrogen-bond acceptors (Lipinski definition) is 3. The van der Waals surface area contributed by atoms with Gasteiger partial charge in [-0.3, -0.25) is 4.99 Å². The zero-order valence-electron chi connectivity index (χ0n) is 11.1. The standard InChI is InChI=1S/C13H27N3O/c1-2-10-17-11-9-13(16-14)15-12-7-5-3-4-6-8-12/h12H,2-11,14H2,1H3,(H,15,16). The van der Waals surface area contributed by atoms with Crippen LogP contribution in [-0.2, 0) is 4.74 Å². The summed E-state index contributed by atoms with van der Waals surface area (Å²) in [5.41, 5.74) is 2.72. The third kappa shape index (κ3) is 6.64. The summed E-state index contributed by atoms with van der Waals surface area (Å²) in [5, 5.41) is 0. The lowest BCUT2D eigenvalue weighted by Crippen LogP contribution is -2.32. The van der Waals surface area contributed by atoms with Gasteiger partial charge in [-0.2, -0.15) is 0 Å². The van der Waals surface area contributed by atoms with Gasteiger partial charge in [0.2, 0.25) is 0 Å². The monoisotopic (exact) mass is 241 g/mol. The van der Waals surface area contributed by atoms with Crippen LogP contribution in [0.3, 0.4) is 0 Å². The van der Waals surface area contributed by atoms with Crippen LogP contribution in [0.1, 0.15) is 58.3 Å². The van der Waals surface area contributed by atoms with E-state index in [1.54, 1.807) is 0 Å². The summed E-state index contributed by atoms with van der Waals surface area (Å²) in [6.45, 7) is 3.65. The maximum atomic E-state index is 5.51. The number of nitrogens with zero attached hydrogens (tertiary/aromatic N) is 1. The zero-order chi connectivity index (χ0) is 12.3. The third-order valence-electron chi connectivity index (χ3n) is 3.16. The predicted octanol–water partition coefficient (Wildman–Crippen LogP) is 2.39. The molecule has 0 heterocycles. The van der Waals surface area contributed by atoms with Gasteiger partial charge >= 0.3 is 0 Å². The molecule has 0 aromatic carbocycles. The smallest absolute Gasteiger partial charge is 0.113 e. The van der Waals surface area contributed by atoms with Crippen LogP contribution in [0.25, 0.3) is 0 Å². The molecule has 4 heteroatoms.